The Morgan fingerprint density at radius 2 is 2.33 bits per heavy atom. The number of likely N-dealkylation sites (N-methyl/N-ethyl adjacent to an activating group) is 1. The molecule has 88 valence electrons. The molecule has 1 heterocycles. The van der Waals surface area contributed by atoms with Crippen LogP contribution in [0.15, 0.2) is 11.8 Å². The number of rotatable bonds is 6. The average Bonchev–Trinajstić information content (AvgIpc) is 2.25. The maximum Gasteiger partial charge on any atom is 0.111 e. The quantitative estimate of drug-likeness (QED) is 0.733. The zero-order valence-corrected chi connectivity index (χ0v) is 10.1. The first-order valence-electron chi connectivity index (χ1n) is 5.92. The minimum atomic E-state index is 0.220. The third-order valence-electron chi connectivity index (χ3n) is 2.35. The summed E-state index contributed by atoms with van der Waals surface area (Å²) >= 11 is 0. The van der Waals surface area contributed by atoms with Gasteiger partial charge in [0.25, 0.3) is 0 Å². The van der Waals surface area contributed by atoms with E-state index >= 15 is 0 Å². The van der Waals surface area contributed by atoms with Crippen LogP contribution in [-0.4, -0.2) is 31.9 Å². The maximum atomic E-state index is 5.64. The van der Waals surface area contributed by atoms with Crippen LogP contribution in [0.3, 0.4) is 0 Å². The molecule has 1 N–H and O–H groups in total. The van der Waals surface area contributed by atoms with Gasteiger partial charge in [0.1, 0.15) is 5.76 Å². The molecule has 0 aromatic carbocycles. The van der Waals surface area contributed by atoms with E-state index in [2.05, 4.69) is 32.2 Å². The molecule has 3 nitrogen and oxygen atoms in total. The van der Waals surface area contributed by atoms with E-state index in [4.69, 9.17) is 9.47 Å². The van der Waals surface area contributed by atoms with Crippen LogP contribution in [0, 0.1) is 0 Å². The van der Waals surface area contributed by atoms with E-state index in [1.807, 2.05) is 0 Å². The van der Waals surface area contributed by atoms with E-state index in [1.165, 1.54) is 0 Å². The van der Waals surface area contributed by atoms with Gasteiger partial charge in [0, 0.05) is 0 Å². The topological polar surface area (TPSA) is 30.5 Å². The van der Waals surface area contributed by atoms with Crippen LogP contribution >= 0.6 is 0 Å². The van der Waals surface area contributed by atoms with Crippen molar-refractivity contribution in [1.29, 1.82) is 0 Å². The molecule has 15 heavy (non-hydrogen) atoms. The van der Waals surface area contributed by atoms with Crippen molar-refractivity contribution in [2.45, 2.75) is 45.8 Å². The van der Waals surface area contributed by atoms with E-state index in [1.54, 1.807) is 0 Å². The van der Waals surface area contributed by atoms with Gasteiger partial charge in [-0.1, -0.05) is 6.92 Å². The second-order valence-corrected chi connectivity index (χ2v) is 4.09. The fraction of sp³-hybridized carbons (Fsp3) is 0.833. The van der Waals surface area contributed by atoms with Crippen LogP contribution in [0.1, 0.15) is 33.6 Å². The van der Waals surface area contributed by atoms with Gasteiger partial charge in [0.2, 0.25) is 0 Å². The summed E-state index contributed by atoms with van der Waals surface area (Å²) in [5, 5.41) is 3.39. The largest absolute Gasteiger partial charge is 0.497 e. The normalized spacial score (nSPS) is 18.5. The van der Waals surface area contributed by atoms with Crippen molar-refractivity contribution in [3.63, 3.8) is 0 Å². The second kappa shape index (κ2) is 6.85. The van der Waals surface area contributed by atoms with Gasteiger partial charge in [0.05, 0.1) is 25.4 Å². The van der Waals surface area contributed by atoms with E-state index in [0.717, 1.165) is 31.8 Å². The number of hydrogen-bond acceptors (Lipinski definition) is 3. The summed E-state index contributed by atoms with van der Waals surface area (Å²) in [7, 11) is 0. The average molecular weight is 213 g/mol. The molecule has 0 bridgehead atoms. The molecule has 1 atom stereocenters. The molecule has 0 saturated carbocycles. The van der Waals surface area contributed by atoms with Gasteiger partial charge in [-0.15, -0.1) is 0 Å². The smallest absolute Gasteiger partial charge is 0.111 e. The lowest BCUT2D eigenvalue weighted by Crippen LogP contribution is -2.37. The predicted octanol–water partition coefficient (Wildman–Crippen LogP) is 2.08. The Morgan fingerprint density at radius 1 is 1.53 bits per heavy atom. The van der Waals surface area contributed by atoms with Crippen molar-refractivity contribution < 1.29 is 9.47 Å². The van der Waals surface area contributed by atoms with Crippen LogP contribution in [0.2, 0.25) is 0 Å². The lowest BCUT2D eigenvalue weighted by Gasteiger charge is -2.25. The molecule has 1 aliphatic rings. The molecule has 0 aromatic rings. The van der Waals surface area contributed by atoms with E-state index < -0.39 is 0 Å². The molecule has 0 fully saturated rings. The first kappa shape index (κ1) is 12.5. The molecule has 1 unspecified atom stereocenters. The molecule has 3 heteroatoms. The number of ether oxygens (including phenoxy) is 2. The summed E-state index contributed by atoms with van der Waals surface area (Å²) in [5.74, 6) is 1.06. The summed E-state index contributed by atoms with van der Waals surface area (Å²) in [6, 6.07) is 0.220. The molecule has 0 spiro atoms. The van der Waals surface area contributed by atoms with Crippen molar-refractivity contribution in [2.24, 2.45) is 0 Å². The van der Waals surface area contributed by atoms with Crippen molar-refractivity contribution in [3.8, 4) is 0 Å². The SMILES string of the molecule is CCNC(COC(C)C)C1=CCCCO1. The van der Waals surface area contributed by atoms with E-state index in [-0.39, 0.29) is 12.1 Å². The third kappa shape index (κ3) is 4.67. The Morgan fingerprint density at radius 3 is 2.87 bits per heavy atom. The van der Waals surface area contributed by atoms with Gasteiger partial charge in [-0.2, -0.15) is 0 Å². The van der Waals surface area contributed by atoms with Gasteiger partial charge in [0.15, 0.2) is 0 Å². The number of nitrogens with one attached hydrogen (secondary N) is 1. The first-order chi connectivity index (χ1) is 7.24. The summed E-state index contributed by atoms with van der Waals surface area (Å²) in [5.41, 5.74) is 0. The molecular weight excluding hydrogens is 190 g/mol. The molecule has 1 aliphatic heterocycles. The van der Waals surface area contributed by atoms with Gasteiger partial charge < -0.3 is 14.8 Å². The van der Waals surface area contributed by atoms with Crippen molar-refractivity contribution in [1.82, 2.24) is 5.32 Å². The monoisotopic (exact) mass is 213 g/mol. The van der Waals surface area contributed by atoms with Crippen molar-refractivity contribution >= 4 is 0 Å². The highest BCUT2D eigenvalue weighted by molar-refractivity contribution is 5.05. The van der Waals surface area contributed by atoms with E-state index in [0.29, 0.717) is 6.61 Å². The summed E-state index contributed by atoms with van der Waals surface area (Å²) in [4.78, 5) is 0. The first-order valence-corrected chi connectivity index (χ1v) is 5.92. The lowest BCUT2D eigenvalue weighted by molar-refractivity contribution is 0.0504. The minimum Gasteiger partial charge on any atom is -0.497 e. The Balaban J connectivity index is 2.44. The summed E-state index contributed by atoms with van der Waals surface area (Å²) in [6.45, 7) is 8.68. The molecule has 0 radical (unpaired) electrons. The van der Waals surface area contributed by atoms with Crippen LogP contribution in [0.5, 0.6) is 0 Å². The zero-order chi connectivity index (χ0) is 11.1. The molecule has 0 saturated heterocycles. The third-order valence-corrected chi connectivity index (χ3v) is 2.35. The molecule has 0 aromatic heterocycles. The summed E-state index contributed by atoms with van der Waals surface area (Å²) < 4.78 is 11.3. The van der Waals surface area contributed by atoms with Crippen LogP contribution < -0.4 is 5.32 Å². The Bertz CT molecular complexity index is 202. The Hall–Kier alpha value is -0.540. The highest BCUT2D eigenvalue weighted by atomic mass is 16.5. The van der Waals surface area contributed by atoms with Crippen LogP contribution in [0.4, 0.5) is 0 Å². The highest BCUT2D eigenvalue weighted by Crippen LogP contribution is 2.14. The van der Waals surface area contributed by atoms with E-state index in [9.17, 15) is 0 Å². The standard InChI is InChI=1S/C12H23NO2/c1-4-13-11(9-15-10(2)3)12-7-5-6-8-14-12/h7,10-11,13H,4-6,8-9H2,1-3H3. The number of allylic oxidation sites excluding steroid dienone is 1. The predicted molar refractivity (Wildman–Crippen MR) is 61.8 cm³/mol. The van der Waals surface area contributed by atoms with Crippen molar-refractivity contribution in [2.75, 3.05) is 19.8 Å². The fourth-order valence-corrected chi connectivity index (χ4v) is 1.60. The fourth-order valence-electron chi connectivity index (χ4n) is 1.60. The lowest BCUT2D eigenvalue weighted by atomic mass is 10.1. The second-order valence-electron chi connectivity index (χ2n) is 4.09. The van der Waals surface area contributed by atoms with Gasteiger partial charge in [-0.3, -0.25) is 0 Å². The highest BCUT2D eigenvalue weighted by Gasteiger charge is 2.17. The van der Waals surface area contributed by atoms with Crippen molar-refractivity contribution in [3.05, 3.63) is 11.8 Å². The molecule has 0 aliphatic carbocycles. The summed E-state index contributed by atoms with van der Waals surface area (Å²) in [6.07, 6.45) is 4.71. The molecule has 0 amide bonds. The van der Waals surface area contributed by atoms with Gasteiger partial charge in [-0.05, 0) is 39.3 Å². The Labute approximate surface area is 92.8 Å². The zero-order valence-electron chi connectivity index (χ0n) is 10.1. The maximum absolute atomic E-state index is 5.64. The molecule has 1 rings (SSSR count). The minimum absolute atomic E-state index is 0.220. The van der Waals surface area contributed by atoms with Gasteiger partial charge >= 0.3 is 0 Å². The Kier molecular flexibility index (Phi) is 5.73. The van der Waals surface area contributed by atoms with Crippen LogP contribution in [-0.2, 0) is 9.47 Å². The van der Waals surface area contributed by atoms with Gasteiger partial charge in [-0.25, -0.2) is 0 Å². The van der Waals surface area contributed by atoms with Crippen LogP contribution in [0.25, 0.3) is 0 Å². The molecular formula is C12H23NO2. The number of hydrogen-bond donors (Lipinski definition) is 1.